The lowest BCUT2D eigenvalue weighted by molar-refractivity contribution is 0.0216. The smallest absolute Gasteiger partial charge is 0.410 e. The molecule has 5 nitrogen and oxygen atoms in total. The number of amides is 1. The van der Waals surface area contributed by atoms with Gasteiger partial charge in [0.05, 0.1) is 5.69 Å². The van der Waals surface area contributed by atoms with Crippen LogP contribution in [0.2, 0.25) is 0 Å². The second kappa shape index (κ2) is 8.37. The molecule has 1 unspecified atom stereocenters. The van der Waals surface area contributed by atoms with Crippen LogP contribution in [-0.2, 0) is 17.8 Å². The number of carbonyl (C=O) groups excluding carboxylic acids is 1. The summed E-state index contributed by atoms with van der Waals surface area (Å²) in [5, 5.41) is 3.18. The summed E-state index contributed by atoms with van der Waals surface area (Å²) in [5.74, 6) is 0.403. The Balaban J connectivity index is 1.82. The Labute approximate surface area is 175 Å². The number of nitrogens with one attached hydrogen (secondary N) is 1. The van der Waals surface area contributed by atoms with Crippen LogP contribution in [-0.4, -0.2) is 27.7 Å². The molecule has 3 rings (SSSR count). The monoisotopic (exact) mass is 416 g/mol. The van der Waals surface area contributed by atoms with E-state index in [0.29, 0.717) is 18.1 Å². The number of hydrogen-bond donors (Lipinski definition) is 1. The molecule has 2 aromatic carbocycles. The highest BCUT2D eigenvalue weighted by Crippen LogP contribution is 2.31. The molecule has 154 valence electrons. The lowest BCUT2D eigenvalue weighted by atomic mass is 10.1. The van der Waals surface area contributed by atoms with E-state index in [-0.39, 0.29) is 11.9 Å². The van der Waals surface area contributed by atoms with Crippen molar-refractivity contribution in [1.29, 1.82) is 0 Å². The van der Waals surface area contributed by atoms with E-state index >= 15 is 0 Å². The molecule has 0 saturated heterocycles. The average molecular weight is 417 g/mol. The van der Waals surface area contributed by atoms with Crippen molar-refractivity contribution in [3.8, 4) is 5.75 Å². The van der Waals surface area contributed by atoms with E-state index in [2.05, 4.69) is 5.32 Å². The highest BCUT2D eigenvalue weighted by molar-refractivity contribution is 7.80. The predicted molar refractivity (Wildman–Crippen MR) is 115 cm³/mol. The van der Waals surface area contributed by atoms with Gasteiger partial charge in [-0.05, 0) is 63.1 Å². The molecule has 1 N–H and O–H groups in total. The molecule has 0 radical (unpaired) electrons. The third-order valence-electron chi connectivity index (χ3n) is 4.29. The van der Waals surface area contributed by atoms with Gasteiger partial charge in [0.2, 0.25) is 0 Å². The molecule has 0 bridgehead atoms. The van der Waals surface area contributed by atoms with Crippen LogP contribution in [0.5, 0.6) is 5.75 Å². The minimum Gasteiger partial charge on any atom is -0.481 e. The quantitative estimate of drug-likeness (QED) is 0.687. The molecule has 1 amide bonds. The topological polar surface area (TPSA) is 50.8 Å². The van der Waals surface area contributed by atoms with Gasteiger partial charge in [0, 0.05) is 13.1 Å². The number of rotatable bonds is 4. The molecular weight excluding hydrogens is 391 g/mol. The van der Waals surface area contributed by atoms with Crippen molar-refractivity contribution in [2.75, 3.05) is 5.32 Å². The molecular formula is C22H25FN2O3S. The number of thiocarbonyl (C=S) groups is 1. The molecule has 29 heavy (non-hydrogen) atoms. The molecule has 7 heteroatoms. The van der Waals surface area contributed by atoms with Gasteiger partial charge >= 0.3 is 6.09 Å². The van der Waals surface area contributed by atoms with Gasteiger partial charge in [-0.2, -0.15) is 0 Å². The van der Waals surface area contributed by atoms with Crippen LogP contribution < -0.4 is 10.1 Å². The van der Waals surface area contributed by atoms with Crippen molar-refractivity contribution in [3.63, 3.8) is 0 Å². The summed E-state index contributed by atoms with van der Waals surface area (Å²) in [4.78, 5) is 15.0. The van der Waals surface area contributed by atoms with Crippen LogP contribution in [0, 0.1) is 5.82 Å². The molecule has 0 saturated carbocycles. The largest absolute Gasteiger partial charge is 0.481 e. The van der Waals surface area contributed by atoms with E-state index < -0.39 is 11.7 Å². The van der Waals surface area contributed by atoms with Crippen LogP contribution in [0.25, 0.3) is 0 Å². The van der Waals surface area contributed by atoms with Crippen LogP contribution in [0.1, 0.15) is 38.8 Å². The van der Waals surface area contributed by atoms with Gasteiger partial charge in [-0.3, -0.25) is 4.90 Å². The van der Waals surface area contributed by atoms with Crippen molar-refractivity contribution in [1.82, 2.24) is 4.90 Å². The number of hydrogen-bond acceptors (Lipinski definition) is 4. The first kappa shape index (κ1) is 21.0. The summed E-state index contributed by atoms with van der Waals surface area (Å²) < 4.78 is 24.6. The molecule has 1 heterocycles. The summed E-state index contributed by atoms with van der Waals surface area (Å²) >= 11 is 5.28. The average Bonchev–Trinajstić information content (AvgIpc) is 2.62. The lowest BCUT2D eigenvalue weighted by Crippen LogP contribution is -2.36. The maximum Gasteiger partial charge on any atom is 0.410 e. The van der Waals surface area contributed by atoms with Gasteiger partial charge in [0.15, 0.2) is 0 Å². The van der Waals surface area contributed by atoms with Gasteiger partial charge in [0.25, 0.3) is 0 Å². The Bertz CT molecular complexity index is 909. The summed E-state index contributed by atoms with van der Waals surface area (Å²) in [7, 11) is 0. The van der Waals surface area contributed by atoms with Crippen LogP contribution in [0.4, 0.5) is 14.9 Å². The first-order valence-electron chi connectivity index (χ1n) is 9.43. The zero-order chi connectivity index (χ0) is 21.2. The summed E-state index contributed by atoms with van der Waals surface area (Å²) in [6.07, 6.45) is -0.618. The number of fused-ring (bicyclic) bond motifs is 1. The maximum atomic E-state index is 13.2. The zero-order valence-electron chi connectivity index (χ0n) is 17.0. The van der Waals surface area contributed by atoms with E-state index in [1.165, 1.54) is 12.1 Å². The third kappa shape index (κ3) is 5.67. The van der Waals surface area contributed by atoms with Crippen LogP contribution in [0.15, 0.2) is 42.5 Å². The number of nitrogens with zero attached hydrogens (tertiary/aromatic N) is 1. The molecule has 1 aliphatic heterocycles. The van der Waals surface area contributed by atoms with Gasteiger partial charge in [-0.25, -0.2) is 9.18 Å². The van der Waals surface area contributed by atoms with Gasteiger partial charge in [-0.15, -0.1) is 0 Å². The van der Waals surface area contributed by atoms with Gasteiger partial charge in [-0.1, -0.05) is 30.4 Å². The maximum absolute atomic E-state index is 13.2. The van der Waals surface area contributed by atoms with Gasteiger partial charge in [0.1, 0.15) is 28.3 Å². The second-order valence-electron chi connectivity index (χ2n) is 8.04. The molecule has 1 aliphatic rings. The van der Waals surface area contributed by atoms with Crippen LogP contribution >= 0.6 is 12.2 Å². The van der Waals surface area contributed by atoms with Crippen molar-refractivity contribution in [3.05, 3.63) is 59.4 Å². The standard InChI is InChI=1S/C22H25FN2O3S/c1-14-20(29)24-18-11-16(7-10-19(18)27-14)13-25(21(26)28-22(2,3)4)12-15-5-8-17(23)9-6-15/h5-11,14H,12-13H2,1-4H3,(H,24,29). The Morgan fingerprint density at radius 1 is 1.17 bits per heavy atom. The van der Waals surface area contributed by atoms with Crippen molar-refractivity contribution >= 4 is 29.0 Å². The summed E-state index contributed by atoms with van der Waals surface area (Å²) in [6.45, 7) is 7.98. The van der Waals surface area contributed by atoms with Crippen molar-refractivity contribution in [2.24, 2.45) is 0 Å². The Kier molecular flexibility index (Phi) is 6.07. The number of halogens is 1. The van der Waals surface area contributed by atoms with Crippen LogP contribution in [0.3, 0.4) is 0 Å². The SMILES string of the molecule is CC1Oc2ccc(CN(Cc3ccc(F)cc3)C(=O)OC(C)(C)C)cc2NC1=S. The number of benzene rings is 2. The van der Waals surface area contributed by atoms with E-state index in [0.717, 1.165) is 22.6 Å². The predicted octanol–water partition coefficient (Wildman–Crippen LogP) is 5.28. The highest BCUT2D eigenvalue weighted by atomic mass is 32.1. The molecule has 0 aromatic heterocycles. The van der Waals surface area contributed by atoms with E-state index in [9.17, 15) is 9.18 Å². The summed E-state index contributed by atoms with van der Waals surface area (Å²) in [6, 6.07) is 11.8. The minimum atomic E-state index is -0.619. The minimum absolute atomic E-state index is 0.180. The molecule has 0 spiro atoms. The third-order valence-corrected chi connectivity index (χ3v) is 4.72. The Hall–Kier alpha value is -2.67. The van der Waals surface area contributed by atoms with E-state index in [1.54, 1.807) is 17.0 Å². The van der Waals surface area contributed by atoms with Gasteiger partial charge < -0.3 is 14.8 Å². The summed E-state index contributed by atoms with van der Waals surface area (Å²) in [5.41, 5.74) is 1.86. The molecule has 2 aromatic rings. The van der Waals surface area contributed by atoms with E-state index in [4.69, 9.17) is 21.7 Å². The highest BCUT2D eigenvalue weighted by Gasteiger charge is 2.24. The molecule has 0 aliphatic carbocycles. The fourth-order valence-corrected chi connectivity index (χ4v) is 3.05. The Morgan fingerprint density at radius 2 is 1.79 bits per heavy atom. The lowest BCUT2D eigenvalue weighted by Gasteiger charge is -2.29. The number of carbonyl (C=O) groups is 1. The van der Waals surface area contributed by atoms with Crippen molar-refractivity contribution < 1.29 is 18.7 Å². The van der Waals surface area contributed by atoms with E-state index in [1.807, 2.05) is 45.9 Å². The first-order chi connectivity index (χ1) is 13.6. The fraction of sp³-hybridized carbons (Fsp3) is 0.364. The number of anilines is 1. The Morgan fingerprint density at radius 3 is 2.45 bits per heavy atom. The fourth-order valence-electron chi connectivity index (χ4n) is 2.90. The second-order valence-corrected chi connectivity index (χ2v) is 8.48. The molecule has 1 atom stereocenters. The zero-order valence-corrected chi connectivity index (χ0v) is 17.8. The van der Waals surface area contributed by atoms with Crippen molar-refractivity contribution in [2.45, 2.75) is 52.5 Å². The normalized spacial score (nSPS) is 15.8. The molecule has 0 fully saturated rings. The number of ether oxygens (including phenoxy) is 2. The first-order valence-corrected chi connectivity index (χ1v) is 9.84.